The number of Topliss-reactive ketones (excluding diaryl/α,β-unsaturated/α-hetero) is 1. The van der Waals surface area contributed by atoms with Crippen LogP contribution in [-0.4, -0.2) is 31.4 Å². The van der Waals surface area contributed by atoms with Crippen molar-refractivity contribution in [2.45, 2.75) is 31.6 Å². The molecule has 2 aliphatic rings. The van der Waals surface area contributed by atoms with Crippen LogP contribution in [0.15, 0.2) is 77.3 Å². The maximum Gasteiger partial charge on any atom is 0.317 e. The number of ether oxygens (including phenoxy) is 2. The number of esters is 1. The average Bonchev–Trinajstić information content (AvgIpc) is 3.44. The Bertz CT molecular complexity index is 1370. The van der Waals surface area contributed by atoms with Gasteiger partial charge in [-0.05, 0) is 54.6 Å². The van der Waals surface area contributed by atoms with Gasteiger partial charge in [-0.15, -0.1) is 11.3 Å². The van der Waals surface area contributed by atoms with Gasteiger partial charge < -0.3 is 9.47 Å². The summed E-state index contributed by atoms with van der Waals surface area (Å²) in [5.74, 6) is -3.34. The summed E-state index contributed by atoms with van der Waals surface area (Å²) in [7, 11) is 1.56. The zero-order chi connectivity index (χ0) is 26.1. The van der Waals surface area contributed by atoms with Crippen molar-refractivity contribution >= 4 is 34.7 Å². The van der Waals surface area contributed by atoms with Gasteiger partial charge >= 0.3 is 5.97 Å². The Morgan fingerprint density at radius 1 is 1.05 bits per heavy atom. The molecule has 1 amide bonds. The van der Waals surface area contributed by atoms with Gasteiger partial charge in [0.1, 0.15) is 17.5 Å². The first-order chi connectivity index (χ1) is 17.9. The van der Waals surface area contributed by atoms with Crippen LogP contribution in [0.4, 0.5) is 10.1 Å². The number of halogens is 1. The molecule has 6 nitrogen and oxygen atoms in total. The van der Waals surface area contributed by atoms with Crippen molar-refractivity contribution in [1.29, 1.82) is 0 Å². The minimum Gasteiger partial charge on any atom is -0.497 e. The summed E-state index contributed by atoms with van der Waals surface area (Å²) >= 11 is 1.44. The smallest absolute Gasteiger partial charge is 0.317 e. The summed E-state index contributed by atoms with van der Waals surface area (Å²) in [6.45, 7) is 1.85. The van der Waals surface area contributed by atoms with Gasteiger partial charge in [0.2, 0.25) is 5.91 Å². The first-order valence-corrected chi connectivity index (χ1v) is 13.0. The lowest BCUT2D eigenvalue weighted by molar-refractivity contribution is -0.152. The second kappa shape index (κ2) is 10.3. The fourth-order valence-corrected chi connectivity index (χ4v) is 6.20. The van der Waals surface area contributed by atoms with Crippen molar-refractivity contribution in [3.05, 3.63) is 93.6 Å². The highest BCUT2D eigenvalue weighted by atomic mass is 32.1. The van der Waals surface area contributed by atoms with Gasteiger partial charge in [-0.1, -0.05) is 30.3 Å². The molecule has 5 rings (SSSR count). The lowest BCUT2D eigenvalue weighted by atomic mass is 9.69. The van der Waals surface area contributed by atoms with Crippen LogP contribution in [0.5, 0.6) is 5.75 Å². The van der Waals surface area contributed by atoms with Gasteiger partial charge in [0.05, 0.1) is 19.4 Å². The van der Waals surface area contributed by atoms with Gasteiger partial charge in [-0.25, -0.2) is 4.39 Å². The van der Waals surface area contributed by atoms with Crippen LogP contribution in [0.25, 0.3) is 0 Å². The summed E-state index contributed by atoms with van der Waals surface area (Å²) in [5.41, 5.74) is 1.64. The van der Waals surface area contributed by atoms with Crippen LogP contribution >= 0.6 is 11.3 Å². The van der Waals surface area contributed by atoms with Crippen molar-refractivity contribution in [2.75, 3.05) is 18.6 Å². The van der Waals surface area contributed by atoms with E-state index in [1.54, 1.807) is 38.3 Å². The lowest BCUT2D eigenvalue weighted by Crippen LogP contribution is -2.46. The number of benzene rings is 2. The van der Waals surface area contributed by atoms with E-state index in [4.69, 9.17) is 9.47 Å². The van der Waals surface area contributed by atoms with Crippen LogP contribution in [0.2, 0.25) is 0 Å². The number of carbonyl (C=O) groups is 3. The van der Waals surface area contributed by atoms with Gasteiger partial charge in [0.25, 0.3) is 0 Å². The van der Waals surface area contributed by atoms with Crippen molar-refractivity contribution in [2.24, 2.45) is 5.92 Å². The summed E-state index contributed by atoms with van der Waals surface area (Å²) in [6.07, 6.45) is 0.183. The fraction of sp³-hybridized carbons (Fsp3) is 0.276. The number of nitrogens with zero attached hydrogens (tertiary/aromatic N) is 1. The molecule has 0 bridgehead atoms. The maximum atomic E-state index is 15.0. The molecule has 2 heterocycles. The molecule has 0 unspecified atom stereocenters. The third-order valence-electron chi connectivity index (χ3n) is 6.98. The number of allylic oxidation sites excluding steroid dienone is 2. The highest BCUT2D eigenvalue weighted by Gasteiger charge is 2.50. The Balaban J connectivity index is 1.72. The van der Waals surface area contributed by atoms with E-state index in [0.29, 0.717) is 17.0 Å². The molecule has 0 radical (unpaired) electrons. The van der Waals surface area contributed by atoms with Gasteiger partial charge in [-0.3, -0.25) is 19.3 Å². The molecular formula is C29H26FNO5S. The zero-order valence-corrected chi connectivity index (χ0v) is 21.3. The Morgan fingerprint density at radius 3 is 2.46 bits per heavy atom. The predicted octanol–water partition coefficient (Wildman–Crippen LogP) is 5.61. The number of hydrogen-bond acceptors (Lipinski definition) is 6. The molecule has 37 heavy (non-hydrogen) atoms. The van der Waals surface area contributed by atoms with Crippen molar-refractivity contribution in [3.63, 3.8) is 0 Å². The quantitative estimate of drug-likeness (QED) is 0.313. The third kappa shape index (κ3) is 4.46. The number of amides is 1. The van der Waals surface area contributed by atoms with Crippen LogP contribution < -0.4 is 9.64 Å². The first kappa shape index (κ1) is 24.9. The standard InChI is InChI=1S/C29H26FNO5S/c1-3-36-29(34)27-20(24-9-6-14-37-24)15-23-26(28(27)33)19(17-10-12-18(35-2)13-11-17)16-25(32)31(23)22-8-5-4-7-21(22)30/h4-14,19-20,27H,3,15-16H2,1-2H3/t19-,20-,27-/m0/s1. The van der Waals surface area contributed by atoms with E-state index in [1.807, 2.05) is 29.6 Å². The van der Waals surface area contributed by atoms with Gasteiger partial charge in [0.15, 0.2) is 5.78 Å². The van der Waals surface area contributed by atoms with E-state index >= 15 is 0 Å². The molecule has 3 aromatic rings. The number of para-hydroxylation sites is 1. The molecule has 2 aromatic carbocycles. The number of hydrogen-bond donors (Lipinski definition) is 0. The predicted molar refractivity (Wildman–Crippen MR) is 138 cm³/mol. The van der Waals surface area contributed by atoms with E-state index in [1.165, 1.54) is 28.4 Å². The molecule has 3 atom stereocenters. The highest BCUT2D eigenvalue weighted by molar-refractivity contribution is 7.10. The summed E-state index contributed by atoms with van der Waals surface area (Å²) < 4.78 is 25.6. The van der Waals surface area contributed by atoms with Crippen LogP contribution in [-0.2, 0) is 19.1 Å². The summed E-state index contributed by atoms with van der Waals surface area (Å²) in [6, 6.07) is 17.0. The maximum absolute atomic E-state index is 15.0. The lowest BCUT2D eigenvalue weighted by Gasteiger charge is -2.42. The average molecular weight is 520 g/mol. The molecule has 0 saturated carbocycles. The van der Waals surface area contributed by atoms with E-state index in [0.717, 1.165) is 10.4 Å². The molecule has 1 aliphatic heterocycles. The van der Waals surface area contributed by atoms with Crippen molar-refractivity contribution in [1.82, 2.24) is 0 Å². The van der Waals surface area contributed by atoms with Crippen LogP contribution in [0, 0.1) is 11.7 Å². The SMILES string of the molecule is CCOC(=O)[C@@H]1C(=O)C2=C(C[C@H]1c1cccs1)N(c1ccccc1F)C(=O)C[C@H]2c1ccc(OC)cc1. The Kier molecular flexibility index (Phi) is 6.93. The number of thiophene rings is 1. The molecule has 0 spiro atoms. The van der Waals surface area contributed by atoms with Crippen LogP contribution in [0.3, 0.4) is 0 Å². The zero-order valence-electron chi connectivity index (χ0n) is 20.5. The second-order valence-electron chi connectivity index (χ2n) is 8.99. The Morgan fingerprint density at radius 2 is 1.81 bits per heavy atom. The van der Waals surface area contributed by atoms with Crippen molar-refractivity contribution < 1.29 is 28.2 Å². The van der Waals surface area contributed by atoms with Crippen molar-refractivity contribution in [3.8, 4) is 5.75 Å². The minimum atomic E-state index is -1.05. The second-order valence-corrected chi connectivity index (χ2v) is 9.97. The summed E-state index contributed by atoms with van der Waals surface area (Å²) in [5, 5.41) is 1.88. The molecule has 1 aromatic heterocycles. The van der Waals surface area contributed by atoms with E-state index < -0.39 is 29.5 Å². The third-order valence-corrected chi connectivity index (χ3v) is 7.99. The number of rotatable bonds is 6. The van der Waals surface area contributed by atoms with Gasteiger partial charge in [-0.2, -0.15) is 0 Å². The molecule has 8 heteroatoms. The fourth-order valence-electron chi connectivity index (χ4n) is 5.34. The van der Waals surface area contributed by atoms with E-state index in [9.17, 15) is 18.8 Å². The Hall–Kier alpha value is -3.78. The van der Waals surface area contributed by atoms with Gasteiger partial charge in [0, 0.05) is 34.4 Å². The van der Waals surface area contributed by atoms with E-state index in [2.05, 4.69) is 0 Å². The molecule has 0 fully saturated rings. The number of methoxy groups -OCH3 is 1. The molecule has 190 valence electrons. The summed E-state index contributed by atoms with van der Waals surface area (Å²) in [4.78, 5) is 43.2. The monoisotopic (exact) mass is 519 g/mol. The number of anilines is 1. The largest absolute Gasteiger partial charge is 0.497 e. The Labute approximate surface area is 218 Å². The minimum absolute atomic E-state index is 0.0373. The molecule has 1 aliphatic carbocycles. The number of ketones is 1. The highest BCUT2D eigenvalue weighted by Crippen LogP contribution is 2.50. The normalized spacial score (nSPS) is 21.6. The molecule has 0 saturated heterocycles. The molecule has 0 N–H and O–H groups in total. The number of carbonyl (C=O) groups excluding carboxylic acids is 3. The van der Waals surface area contributed by atoms with E-state index in [-0.39, 0.29) is 36.8 Å². The first-order valence-electron chi connectivity index (χ1n) is 12.1. The molecular weight excluding hydrogens is 493 g/mol. The van der Waals surface area contributed by atoms with Crippen LogP contribution in [0.1, 0.15) is 42.0 Å². The topological polar surface area (TPSA) is 72.9 Å².